The van der Waals surface area contributed by atoms with Gasteiger partial charge in [-0.1, -0.05) is 12.1 Å². The van der Waals surface area contributed by atoms with Crippen LogP contribution in [0.15, 0.2) is 36.7 Å². The first kappa shape index (κ1) is 14.3. The SMILES string of the molecule is COc1ccc([C@@H](O)[C@H](C)Nc2cc(C)ncn2)cc1. The van der Waals surface area contributed by atoms with Gasteiger partial charge in [0.05, 0.1) is 19.3 Å². The molecule has 2 aromatic rings. The lowest BCUT2D eigenvalue weighted by Crippen LogP contribution is -2.24. The topological polar surface area (TPSA) is 67.3 Å². The van der Waals surface area contributed by atoms with Gasteiger partial charge in [0.2, 0.25) is 0 Å². The van der Waals surface area contributed by atoms with Crippen molar-refractivity contribution in [1.29, 1.82) is 0 Å². The van der Waals surface area contributed by atoms with E-state index in [0.29, 0.717) is 5.82 Å². The van der Waals surface area contributed by atoms with Crippen molar-refractivity contribution in [1.82, 2.24) is 9.97 Å². The van der Waals surface area contributed by atoms with Crippen molar-refractivity contribution in [2.45, 2.75) is 26.0 Å². The Labute approximate surface area is 118 Å². The highest BCUT2D eigenvalue weighted by atomic mass is 16.5. The lowest BCUT2D eigenvalue weighted by molar-refractivity contribution is 0.160. The third-order valence-corrected chi connectivity index (χ3v) is 3.11. The van der Waals surface area contributed by atoms with E-state index in [1.165, 1.54) is 6.33 Å². The summed E-state index contributed by atoms with van der Waals surface area (Å²) in [7, 11) is 1.62. The van der Waals surface area contributed by atoms with Gasteiger partial charge in [0.25, 0.3) is 0 Å². The molecule has 0 spiro atoms. The van der Waals surface area contributed by atoms with Crippen molar-refractivity contribution in [3.05, 3.63) is 47.9 Å². The molecular formula is C15H19N3O2. The Bertz CT molecular complexity index is 557. The molecule has 0 aliphatic heterocycles. The lowest BCUT2D eigenvalue weighted by Gasteiger charge is -2.21. The minimum absolute atomic E-state index is 0.169. The van der Waals surface area contributed by atoms with Crippen LogP contribution in [0.3, 0.4) is 0 Å². The average molecular weight is 273 g/mol. The minimum Gasteiger partial charge on any atom is -0.497 e. The van der Waals surface area contributed by atoms with Crippen molar-refractivity contribution < 1.29 is 9.84 Å². The number of aryl methyl sites for hydroxylation is 1. The Morgan fingerprint density at radius 1 is 1.20 bits per heavy atom. The fraction of sp³-hybridized carbons (Fsp3) is 0.333. The molecule has 0 aliphatic rings. The van der Waals surface area contributed by atoms with Crippen LogP contribution < -0.4 is 10.1 Å². The molecule has 0 bridgehead atoms. The van der Waals surface area contributed by atoms with Crippen molar-refractivity contribution in [3.63, 3.8) is 0 Å². The van der Waals surface area contributed by atoms with Crippen LogP contribution in [0.1, 0.15) is 24.3 Å². The van der Waals surface area contributed by atoms with Gasteiger partial charge in [0.15, 0.2) is 0 Å². The molecule has 0 unspecified atom stereocenters. The fourth-order valence-corrected chi connectivity index (χ4v) is 1.94. The smallest absolute Gasteiger partial charge is 0.129 e. The van der Waals surface area contributed by atoms with E-state index in [2.05, 4.69) is 15.3 Å². The number of nitrogens with zero attached hydrogens (tertiary/aromatic N) is 2. The van der Waals surface area contributed by atoms with Crippen LogP contribution in [0.5, 0.6) is 5.75 Å². The summed E-state index contributed by atoms with van der Waals surface area (Å²) in [4.78, 5) is 8.17. The Morgan fingerprint density at radius 2 is 1.90 bits per heavy atom. The molecule has 0 aliphatic carbocycles. The molecule has 2 N–H and O–H groups in total. The summed E-state index contributed by atoms with van der Waals surface area (Å²) in [5.74, 6) is 1.48. The van der Waals surface area contributed by atoms with E-state index in [1.54, 1.807) is 7.11 Å². The van der Waals surface area contributed by atoms with Crippen molar-refractivity contribution in [2.24, 2.45) is 0 Å². The molecule has 5 nitrogen and oxygen atoms in total. The molecule has 5 heteroatoms. The predicted octanol–water partition coefficient (Wildman–Crippen LogP) is 2.33. The Morgan fingerprint density at radius 3 is 2.50 bits per heavy atom. The molecule has 1 heterocycles. The second-order valence-electron chi connectivity index (χ2n) is 4.70. The number of nitrogens with one attached hydrogen (secondary N) is 1. The summed E-state index contributed by atoms with van der Waals surface area (Å²) in [6.45, 7) is 3.81. The number of aliphatic hydroxyl groups is 1. The third-order valence-electron chi connectivity index (χ3n) is 3.11. The fourth-order valence-electron chi connectivity index (χ4n) is 1.94. The summed E-state index contributed by atoms with van der Waals surface area (Å²) in [6.07, 6.45) is 0.876. The molecular weight excluding hydrogens is 254 g/mol. The highest BCUT2D eigenvalue weighted by Crippen LogP contribution is 2.22. The molecule has 0 saturated heterocycles. The summed E-state index contributed by atoms with van der Waals surface area (Å²) < 4.78 is 5.10. The van der Waals surface area contributed by atoms with Gasteiger partial charge in [-0.15, -0.1) is 0 Å². The van der Waals surface area contributed by atoms with Gasteiger partial charge in [-0.25, -0.2) is 9.97 Å². The monoisotopic (exact) mass is 273 g/mol. The highest BCUT2D eigenvalue weighted by Gasteiger charge is 2.16. The first-order valence-corrected chi connectivity index (χ1v) is 6.47. The summed E-state index contributed by atoms with van der Waals surface area (Å²) in [6, 6.07) is 9.05. The van der Waals surface area contributed by atoms with E-state index in [4.69, 9.17) is 4.74 Å². The molecule has 0 amide bonds. The van der Waals surface area contributed by atoms with E-state index in [-0.39, 0.29) is 6.04 Å². The standard InChI is InChI=1S/C15H19N3O2/c1-10-8-14(17-9-16-10)18-11(2)15(19)12-4-6-13(20-3)7-5-12/h4-9,11,15,19H,1-3H3,(H,16,17,18)/t11-,15-/m0/s1. The molecule has 1 aromatic carbocycles. The first-order chi connectivity index (χ1) is 9.60. The van der Waals surface area contributed by atoms with Crippen LogP contribution in [0, 0.1) is 6.92 Å². The number of rotatable bonds is 5. The highest BCUT2D eigenvalue weighted by molar-refractivity contribution is 5.37. The van der Waals surface area contributed by atoms with Gasteiger partial charge in [-0.2, -0.15) is 0 Å². The molecule has 0 saturated carbocycles. The van der Waals surface area contributed by atoms with Crippen LogP contribution in [0.2, 0.25) is 0 Å². The van der Waals surface area contributed by atoms with Crippen molar-refractivity contribution in [2.75, 3.05) is 12.4 Å². The first-order valence-electron chi connectivity index (χ1n) is 6.47. The van der Waals surface area contributed by atoms with Crippen LogP contribution in [0.25, 0.3) is 0 Å². The molecule has 0 fully saturated rings. The number of anilines is 1. The molecule has 0 radical (unpaired) electrons. The number of ether oxygens (including phenoxy) is 1. The molecule has 1 aromatic heterocycles. The van der Waals surface area contributed by atoms with E-state index in [1.807, 2.05) is 44.2 Å². The second kappa shape index (κ2) is 6.34. The summed E-state index contributed by atoms with van der Waals surface area (Å²) in [5.41, 5.74) is 1.71. The van der Waals surface area contributed by atoms with Crippen LogP contribution >= 0.6 is 0 Å². The largest absolute Gasteiger partial charge is 0.497 e. The van der Waals surface area contributed by atoms with E-state index >= 15 is 0 Å². The molecule has 20 heavy (non-hydrogen) atoms. The van der Waals surface area contributed by atoms with Gasteiger partial charge in [0, 0.05) is 11.8 Å². The Hall–Kier alpha value is -2.14. The third kappa shape index (κ3) is 3.45. The van der Waals surface area contributed by atoms with Crippen molar-refractivity contribution >= 4 is 5.82 Å². The van der Waals surface area contributed by atoms with E-state index in [0.717, 1.165) is 17.0 Å². The number of hydrogen-bond donors (Lipinski definition) is 2. The maximum atomic E-state index is 10.3. The van der Waals surface area contributed by atoms with Crippen LogP contribution in [-0.4, -0.2) is 28.2 Å². The maximum Gasteiger partial charge on any atom is 0.129 e. The summed E-state index contributed by atoms with van der Waals surface area (Å²) >= 11 is 0. The van der Waals surface area contributed by atoms with E-state index in [9.17, 15) is 5.11 Å². The van der Waals surface area contributed by atoms with Crippen molar-refractivity contribution in [3.8, 4) is 5.75 Å². The quantitative estimate of drug-likeness (QED) is 0.875. The summed E-state index contributed by atoms with van der Waals surface area (Å²) in [5, 5.41) is 13.5. The minimum atomic E-state index is -0.629. The predicted molar refractivity (Wildman–Crippen MR) is 77.8 cm³/mol. The van der Waals surface area contributed by atoms with Gasteiger partial charge < -0.3 is 15.2 Å². The number of hydrogen-bond acceptors (Lipinski definition) is 5. The normalized spacial score (nSPS) is 13.6. The van der Waals surface area contributed by atoms with Gasteiger partial charge >= 0.3 is 0 Å². The zero-order valence-electron chi connectivity index (χ0n) is 11.9. The lowest BCUT2D eigenvalue weighted by atomic mass is 10.0. The van der Waals surface area contributed by atoms with Crippen LogP contribution in [-0.2, 0) is 0 Å². The molecule has 106 valence electrons. The Kier molecular flexibility index (Phi) is 4.53. The number of methoxy groups -OCH3 is 1. The molecule has 2 atom stereocenters. The zero-order valence-corrected chi connectivity index (χ0v) is 11.9. The Balaban J connectivity index is 2.05. The zero-order chi connectivity index (χ0) is 14.5. The van der Waals surface area contributed by atoms with Gasteiger partial charge in [-0.05, 0) is 31.5 Å². The van der Waals surface area contributed by atoms with Gasteiger partial charge in [-0.3, -0.25) is 0 Å². The number of benzene rings is 1. The number of aliphatic hydroxyl groups excluding tert-OH is 1. The van der Waals surface area contributed by atoms with E-state index < -0.39 is 6.10 Å². The van der Waals surface area contributed by atoms with Crippen LogP contribution in [0.4, 0.5) is 5.82 Å². The molecule has 2 rings (SSSR count). The second-order valence-corrected chi connectivity index (χ2v) is 4.70. The number of aromatic nitrogens is 2. The van der Waals surface area contributed by atoms with Gasteiger partial charge in [0.1, 0.15) is 17.9 Å². The maximum absolute atomic E-state index is 10.3. The average Bonchev–Trinajstić information content (AvgIpc) is 2.46.